The van der Waals surface area contributed by atoms with Gasteiger partial charge in [-0.3, -0.25) is 0 Å². The summed E-state index contributed by atoms with van der Waals surface area (Å²) in [5.41, 5.74) is 13.6. The molecule has 3 aromatic carbocycles. The van der Waals surface area contributed by atoms with Gasteiger partial charge in [-0.15, -0.1) is 0 Å². The molecule has 1 aromatic heterocycles. The van der Waals surface area contributed by atoms with E-state index < -0.39 is 0 Å². The highest BCUT2D eigenvalue weighted by atomic mass is 15.2. The first-order valence-corrected chi connectivity index (χ1v) is 32.4. The molecule has 0 aliphatic heterocycles. The van der Waals surface area contributed by atoms with Crippen LogP contribution in [-0.4, -0.2) is 15.0 Å². The third kappa shape index (κ3) is 26.9. The van der Waals surface area contributed by atoms with Crippen molar-refractivity contribution in [2.75, 3.05) is 10.6 Å². The lowest BCUT2D eigenvalue weighted by molar-refractivity contribution is 0.593. The number of nitrogens with one attached hydrogen (secondary N) is 2. The summed E-state index contributed by atoms with van der Waals surface area (Å²) in [6, 6.07) is 18.2. The first-order chi connectivity index (χ1) is 36.9. The minimum absolute atomic E-state index is 0.597. The molecular formula is C70H114N5. The van der Waals surface area contributed by atoms with Crippen LogP contribution in [-0.2, 0) is 38.5 Å². The molecule has 0 bridgehead atoms. The van der Waals surface area contributed by atoms with Gasteiger partial charge in [-0.1, -0.05) is 258 Å². The van der Waals surface area contributed by atoms with E-state index in [1.807, 2.05) is 0 Å². The van der Waals surface area contributed by atoms with Crippen molar-refractivity contribution < 1.29 is 0 Å². The standard InChI is InChI=1S/C70H114N5/c1-8-14-20-26-32-38-44-60-54-64(55-61(45-39-33-27-21-15-9-2)66(60)48-42-36-30-24-18-12-5)71-69-73-68(59-52-50-58(7)51-53-59)74-70(75-69)72-65-56-62(46-40-34-28-22-16-10-3)67(49-43-37-31-25-19-13-6)63(57-65)47-41-35-29-23-17-11-4/h50-57H,7-49H2,1-6H3,(H2,71,72,73,74,75). The molecule has 4 rings (SSSR count). The molecule has 5 heteroatoms. The Morgan fingerprint density at radius 2 is 0.560 bits per heavy atom. The molecule has 1 radical (unpaired) electrons. The fourth-order valence-corrected chi connectivity index (χ4v) is 11.4. The lowest BCUT2D eigenvalue weighted by atomic mass is 9.89. The zero-order valence-electron chi connectivity index (χ0n) is 49.9. The maximum atomic E-state index is 5.26. The quantitative estimate of drug-likeness (QED) is 0.0432. The van der Waals surface area contributed by atoms with E-state index in [9.17, 15) is 0 Å². The van der Waals surface area contributed by atoms with Crippen LogP contribution in [0.5, 0.6) is 0 Å². The molecule has 0 aliphatic carbocycles. The molecule has 0 saturated heterocycles. The zero-order valence-corrected chi connectivity index (χ0v) is 49.9. The number of hydrogen-bond acceptors (Lipinski definition) is 5. The molecule has 0 unspecified atom stereocenters. The molecule has 0 atom stereocenters. The Kier molecular flexibility index (Phi) is 35.2. The molecular weight excluding hydrogens is 911 g/mol. The van der Waals surface area contributed by atoms with E-state index in [-0.39, 0.29) is 0 Å². The molecule has 0 spiro atoms. The van der Waals surface area contributed by atoms with E-state index in [2.05, 4.69) is 108 Å². The van der Waals surface area contributed by atoms with Gasteiger partial charge in [0.15, 0.2) is 5.82 Å². The fourth-order valence-electron chi connectivity index (χ4n) is 11.4. The van der Waals surface area contributed by atoms with Gasteiger partial charge in [-0.05, 0) is 147 Å². The summed E-state index contributed by atoms with van der Waals surface area (Å²) < 4.78 is 0. The number of nitrogens with zero attached hydrogens (tertiary/aromatic N) is 3. The molecule has 1 heterocycles. The van der Waals surface area contributed by atoms with Crippen molar-refractivity contribution in [2.45, 2.75) is 311 Å². The Labute approximate surface area is 463 Å². The van der Waals surface area contributed by atoms with E-state index in [1.165, 1.54) is 244 Å². The molecule has 419 valence electrons. The first-order valence-electron chi connectivity index (χ1n) is 32.4. The highest BCUT2D eigenvalue weighted by molar-refractivity contribution is 5.66. The second-order valence-corrected chi connectivity index (χ2v) is 22.9. The van der Waals surface area contributed by atoms with Gasteiger partial charge < -0.3 is 10.6 Å². The fraction of sp³-hybridized carbons (Fsp3) is 0.686. The first kappa shape index (κ1) is 63.8. The minimum atomic E-state index is 0.597. The number of unbranched alkanes of at least 4 members (excludes halogenated alkanes) is 30. The number of aryl methyl sites for hydroxylation is 4. The summed E-state index contributed by atoms with van der Waals surface area (Å²) in [6.45, 7) is 18.1. The summed E-state index contributed by atoms with van der Waals surface area (Å²) in [5, 5.41) is 7.69. The third-order valence-electron chi connectivity index (χ3n) is 16.0. The van der Waals surface area contributed by atoms with Crippen LogP contribution in [0.2, 0.25) is 0 Å². The molecule has 5 nitrogen and oxygen atoms in total. The predicted octanol–water partition coefficient (Wildman–Crippen LogP) is 22.6. The Balaban J connectivity index is 1.77. The number of rotatable bonds is 47. The third-order valence-corrected chi connectivity index (χ3v) is 16.0. The van der Waals surface area contributed by atoms with Gasteiger partial charge in [0.2, 0.25) is 11.9 Å². The monoisotopic (exact) mass is 1020 g/mol. The Morgan fingerprint density at radius 1 is 0.307 bits per heavy atom. The summed E-state index contributed by atoms with van der Waals surface area (Å²) in [6.07, 6.45) is 54.4. The van der Waals surface area contributed by atoms with Gasteiger partial charge in [0.1, 0.15) is 0 Å². The van der Waals surface area contributed by atoms with Crippen LogP contribution < -0.4 is 10.6 Å². The summed E-state index contributed by atoms with van der Waals surface area (Å²) in [5.74, 6) is 1.87. The van der Waals surface area contributed by atoms with Crippen LogP contribution >= 0.6 is 0 Å². The van der Waals surface area contributed by atoms with Crippen molar-refractivity contribution in [2.24, 2.45) is 0 Å². The largest absolute Gasteiger partial charge is 0.324 e. The average molecular weight is 1030 g/mol. The Bertz CT molecular complexity index is 1840. The van der Waals surface area contributed by atoms with Crippen LogP contribution in [0, 0.1) is 6.92 Å². The van der Waals surface area contributed by atoms with Crippen LogP contribution in [0.4, 0.5) is 23.3 Å². The number of hydrogen-bond donors (Lipinski definition) is 2. The highest BCUT2D eigenvalue weighted by Gasteiger charge is 2.17. The van der Waals surface area contributed by atoms with Crippen LogP contribution in [0.1, 0.15) is 312 Å². The van der Waals surface area contributed by atoms with Gasteiger partial charge in [0, 0.05) is 16.9 Å². The lowest BCUT2D eigenvalue weighted by Gasteiger charge is -2.20. The minimum Gasteiger partial charge on any atom is -0.324 e. The van der Waals surface area contributed by atoms with E-state index in [0.29, 0.717) is 17.7 Å². The summed E-state index contributed by atoms with van der Waals surface area (Å²) in [4.78, 5) is 15.7. The van der Waals surface area contributed by atoms with Crippen molar-refractivity contribution in [3.8, 4) is 11.4 Å². The van der Waals surface area contributed by atoms with Crippen molar-refractivity contribution in [1.29, 1.82) is 0 Å². The molecule has 4 aromatic rings. The van der Waals surface area contributed by atoms with Crippen LogP contribution in [0.3, 0.4) is 0 Å². The number of benzene rings is 3. The maximum absolute atomic E-state index is 5.26. The smallest absolute Gasteiger partial charge is 0.232 e. The summed E-state index contributed by atoms with van der Waals surface area (Å²) >= 11 is 0. The van der Waals surface area contributed by atoms with Gasteiger partial charge >= 0.3 is 0 Å². The van der Waals surface area contributed by atoms with Crippen molar-refractivity contribution >= 4 is 23.3 Å². The van der Waals surface area contributed by atoms with Crippen molar-refractivity contribution in [1.82, 2.24) is 15.0 Å². The molecule has 2 N–H and O–H groups in total. The molecule has 75 heavy (non-hydrogen) atoms. The average Bonchev–Trinajstić information content (AvgIpc) is 3.41. The summed E-state index contributed by atoms with van der Waals surface area (Å²) in [7, 11) is 0. The number of aromatic nitrogens is 3. The normalized spacial score (nSPS) is 11.5. The van der Waals surface area contributed by atoms with E-state index in [4.69, 9.17) is 15.0 Å². The molecule has 0 aliphatic rings. The van der Waals surface area contributed by atoms with Gasteiger partial charge in [0.25, 0.3) is 0 Å². The van der Waals surface area contributed by atoms with E-state index >= 15 is 0 Å². The molecule has 0 saturated carbocycles. The van der Waals surface area contributed by atoms with E-state index in [0.717, 1.165) is 48.2 Å². The second kappa shape index (κ2) is 41.4. The zero-order chi connectivity index (χ0) is 53.4. The molecule has 0 fully saturated rings. The van der Waals surface area contributed by atoms with Crippen molar-refractivity contribution in [3.05, 3.63) is 94.4 Å². The maximum Gasteiger partial charge on any atom is 0.232 e. The molecule has 0 amide bonds. The topological polar surface area (TPSA) is 62.7 Å². The van der Waals surface area contributed by atoms with Crippen molar-refractivity contribution in [3.63, 3.8) is 0 Å². The SMILES string of the molecule is [CH2]c1ccc(-c2nc(Nc3cc(CCCCCCCC)c(CCCCCCCC)c(CCCCCCCC)c3)nc(Nc3cc(CCCCCCCC)c(CCCCCCCC)c(CCCCCCCC)c3)n2)cc1. The van der Waals surface area contributed by atoms with Gasteiger partial charge in [0.05, 0.1) is 0 Å². The van der Waals surface area contributed by atoms with Crippen LogP contribution in [0.15, 0.2) is 48.5 Å². The second-order valence-electron chi connectivity index (χ2n) is 22.9. The van der Waals surface area contributed by atoms with E-state index in [1.54, 1.807) is 33.4 Å². The van der Waals surface area contributed by atoms with Gasteiger partial charge in [-0.25, -0.2) is 0 Å². The Hall–Kier alpha value is -3.73. The highest BCUT2D eigenvalue weighted by Crippen LogP contribution is 2.32. The lowest BCUT2D eigenvalue weighted by Crippen LogP contribution is -2.09. The van der Waals surface area contributed by atoms with Crippen LogP contribution in [0.25, 0.3) is 11.4 Å². The predicted molar refractivity (Wildman–Crippen MR) is 332 cm³/mol. The van der Waals surface area contributed by atoms with Gasteiger partial charge in [-0.2, -0.15) is 15.0 Å². The Morgan fingerprint density at radius 3 is 0.840 bits per heavy atom. The number of anilines is 4.